The number of benzene rings is 2. The summed E-state index contributed by atoms with van der Waals surface area (Å²) < 4.78 is 5.20. The summed E-state index contributed by atoms with van der Waals surface area (Å²) in [4.78, 5) is 12.6. The van der Waals surface area contributed by atoms with Crippen molar-refractivity contribution in [1.29, 1.82) is 0 Å². The third kappa shape index (κ3) is 5.08. The fourth-order valence-corrected chi connectivity index (χ4v) is 3.55. The zero-order valence-corrected chi connectivity index (χ0v) is 18.7. The molecule has 0 saturated heterocycles. The van der Waals surface area contributed by atoms with Gasteiger partial charge in [0, 0.05) is 35.8 Å². The summed E-state index contributed by atoms with van der Waals surface area (Å²) >= 11 is 0. The third-order valence-corrected chi connectivity index (χ3v) is 5.22. The Labute approximate surface area is 187 Å². The van der Waals surface area contributed by atoms with Crippen LogP contribution in [-0.4, -0.2) is 46.3 Å². The molecule has 0 bridgehead atoms. The normalized spacial score (nSPS) is 11.7. The fourth-order valence-electron chi connectivity index (χ4n) is 3.55. The van der Waals surface area contributed by atoms with Gasteiger partial charge in [0.05, 0.1) is 7.11 Å². The number of nitrogens with zero attached hydrogens (tertiary/aromatic N) is 3. The maximum atomic E-state index is 5.20. The first kappa shape index (κ1) is 21.4. The molecule has 8 heteroatoms. The molecule has 4 rings (SSSR count). The Morgan fingerprint density at radius 2 is 1.97 bits per heavy atom. The molecule has 4 N–H and O–H groups in total. The van der Waals surface area contributed by atoms with Crippen molar-refractivity contribution in [3.63, 3.8) is 0 Å². The molecule has 0 amide bonds. The first-order chi connectivity index (χ1) is 15.7. The molecule has 8 nitrogen and oxygen atoms in total. The SMILES string of the molecule is CCNC(=NCc1nc(-c2ccc(OC)cc2)n[nH]1)NCCc1c[nH]c2cc(C)ccc12. The molecule has 0 fully saturated rings. The number of hydrogen-bond acceptors (Lipinski definition) is 4. The second-order valence-electron chi connectivity index (χ2n) is 7.57. The van der Waals surface area contributed by atoms with E-state index >= 15 is 0 Å². The summed E-state index contributed by atoms with van der Waals surface area (Å²) in [5.74, 6) is 2.91. The number of rotatable bonds is 8. The lowest BCUT2D eigenvalue weighted by atomic mass is 10.1. The van der Waals surface area contributed by atoms with E-state index in [1.54, 1.807) is 7.11 Å². The van der Waals surface area contributed by atoms with E-state index in [2.05, 4.69) is 74.0 Å². The number of aromatic amines is 2. The number of ether oxygens (including phenoxy) is 1. The van der Waals surface area contributed by atoms with Gasteiger partial charge >= 0.3 is 0 Å². The van der Waals surface area contributed by atoms with E-state index in [-0.39, 0.29) is 0 Å². The van der Waals surface area contributed by atoms with Gasteiger partial charge in [0.1, 0.15) is 18.1 Å². The van der Waals surface area contributed by atoms with Gasteiger partial charge in [0.15, 0.2) is 11.8 Å². The number of nitrogens with one attached hydrogen (secondary N) is 4. The molecule has 0 saturated carbocycles. The van der Waals surface area contributed by atoms with Crippen LogP contribution in [0.2, 0.25) is 0 Å². The molecule has 32 heavy (non-hydrogen) atoms. The van der Waals surface area contributed by atoms with E-state index in [4.69, 9.17) is 4.74 Å². The van der Waals surface area contributed by atoms with Crippen LogP contribution in [0.25, 0.3) is 22.3 Å². The van der Waals surface area contributed by atoms with Gasteiger partial charge < -0.3 is 20.4 Å². The highest BCUT2D eigenvalue weighted by Crippen LogP contribution is 2.20. The maximum absolute atomic E-state index is 5.20. The van der Waals surface area contributed by atoms with Crippen LogP contribution in [0.3, 0.4) is 0 Å². The van der Waals surface area contributed by atoms with Crippen LogP contribution in [0.15, 0.2) is 53.7 Å². The molecule has 0 unspecified atom stereocenters. The molecule has 166 valence electrons. The van der Waals surface area contributed by atoms with Gasteiger partial charge in [-0.1, -0.05) is 12.1 Å². The molecule has 0 aliphatic rings. The van der Waals surface area contributed by atoms with Gasteiger partial charge in [-0.25, -0.2) is 9.98 Å². The smallest absolute Gasteiger partial charge is 0.191 e. The zero-order valence-electron chi connectivity index (χ0n) is 18.7. The van der Waals surface area contributed by atoms with Crippen molar-refractivity contribution in [3.8, 4) is 17.1 Å². The molecular formula is C24H29N7O. The van der Waals surface area contributed by atoms with Gasteiger partial charge in [-0.2, -0.15) is 5.10 Å². The monoisotopic (exact) mass is 431 g/mol. The van der Waals surface area contributed by atoms with Gasteiger partial charge in [0.2, 0.25) is 0 Å². The highest BCUT2D eigenvalue weighted by Gasteiger charge is 2.07. The van der Waals surface area contributed by atoms with Crippen LogP contribution in [-0.2, 0) is 13.0 Å². The van der Waals surface area contributed by atoms with Crippen LogP contribution in [0, 0.1) is 6.92 Å². The number of aromatic nitrogens is 4. The van der Waals surface area contributed by atoms with Crippen molar-refractivity contribution in [2.24, 2.45) is 4.99 Å². The Hall–Kier alpha value is -3.81. The molecule has 0 aliphatic carbocycles. The van der Waals surface area contributed by atoms with Gasteiger partial charge in [-0.05, 0) is 61.7 Å². The lowest BCUT2D eigenvalue weighted by molar-refractivity contribution is 0.415. The van der Waals surface area contributed by atoms with E-state index in [1.807, 2.05) is 24.3 Å². The first-order valence-corrected chi connectivity index (χ1v) is 10.8. The molecule has 4 aromatic rings. The summed E-state index contributed by atoms with van der Waals surface area (Å²) in [5, 5.41) is 15.2. The topological polar surface area (TPSA) is 103 Å². The van der Waals surface area contributed by atoms with Gasteiger partial charge in [-0.15, -0.1) is 0 Å². The van der Waals surface area contributed by atoms with Crippen molar-refractivity contribution >= 4 is 16.9 Å². The minimum Gasteiger partial charge on any atom is -0.497 e. The van der Waals surface area contributed by atoms with Crippen LogP contribution in [0.5, 0.6) is 5.75 Å². The molecule has 2 aromatic heterocycles. The molecule has 0 atom stereocenters. The highest BCUT2D eigenvalue weighted by molar-refractivity contribution is 5.84. The second kappa shape index (κ2) is 10.00. The number of H-pyrrole nitrogens is 2. The van der Waals surface area contributed by atoms with Crippen molar-refractivity contribution in [2.75, 3.05) is 20.2 Å². The highest BCUT2D eigenvalue weighted by atomic mass is 16.5. The number of aliphatic imine (C=N–C) groups is 1. The summed E-state index contributed by atoms with van der Waals surface area (Å²) in [5.41, 5.74) is 4.66. The summed E-state index contributed by atoms with van der Waals surface area (Å²) in [6, 6.07) is 14.2. The Kier molecular flexibility index (Phi) is 6.69. The predicted octanol–water partition coefficient (Wildman–Crippen LogP) is 3.57. The predicted molar refractivity (Wildman–Crippen MR) is 128 cm³/mol. The molecule has 0 radical (unpaired) electrons. The molecule has 2 heterocycles. The number of methoxy groups -OCH3 is 1. The molecular weight excluding hydrogens is 402 g/mol. The summed E-state index contributed by atoms with van der Waals surface area (Å²) in [7, 11) is 1.65. The van der Waals surface area contributed by atoms with Crippen LogP contribution in [0.4, 0.5) is 0 Å². The van der Waals surface area contributed by atoms with Crippen LogP contribution < -0.4 is 15.4 Å². The number of hydrogen-bond donors (Lipinski definition) is 4. The summed E-state index contributed by atoms with van der Waals surface area (Å²) in [6.07, 6.45) is 2.99. The Bertz CT molecular complexity index is 1190. The maximum Gasteiger partial charge on any atom is 0.191 e. The number of aryl methyl sites for hydroxylation is 1. The summed E-state index contributed by atoms with van der Waals surface area (Å²) in [6.45, 7) is 6.13. The minimum absolute atomic E-state index is 0.408. The van der Waals surface area contributed by atoms with E-state index in [0.29, 0.717) is 18.2 Å². The first-order valence-electron chi connectivity index (χ1n) is 10.8. The molecule has 2 aromatic carbocycles. The van der Waals surface area contributed by atoms with E-state index in [9.17, 15) is 0 Å². The van der Waals surface area contributed by atoms with Gasteiger partial charge in [0.25, 0.3) is 0 Å². The average molecular weight is 432 g/mol. The van der Waals surface area contributed by atoms with E-state index in [1.165, 1.54) is 22.0 Å². The Morgan fingerprint density at radius 1 is 1.12 bits per heavy atom. The van der Waals surface area contributed by atoms with Crippen molar-refractivity contribution < 1.29 is 4.74 Å². The quantitative estimate of drug-likeness (QED) is 0.252. The Morgan fingerprint density at radius 3 is 2.75 bits per heavy atom. The standard InChI is InChI=1S/C24H29N7O/c1-4-25-24(26-12-11-18-14-27-21-13-16(2)5-10-20(18)21)28-15-22-29-23(31-30-22)17-6-8-19(32-3)9-7-17/h5-10,13-14,27H,4,11-12,15H2,1-3H3,(H2,25,26,28)(H,29,30,31). The number of guanidine groups is 1. The van der Waals surface area contributed by atoms with Crippen LogP contribution in [0.1, 0.15) is 23.9 Å². The van der Waals surface area contributed by atoms with Crippen molar-refractivity contribution in [1.82, 2.24) is 30.8 Å². The number of fused-ring (bicyclic) bond motifs is 1. The lowest BCUT2D eigenvalue weighted by Crippen LogP contribution is -2.38. The van der Waals surface area contributed by atoms with Crippen LogP contribution >= 0.6 is 0 Å². The lowest BCUT2D eigenvalue weighted by Gasteiger charge is -2.10. The second-order valence-corrected chi connectivity index (χ2v) is 7.57. The van der Waals surface area contributed by atoms with Crippen molar-refractivity contribution in [3.05, 3.63) is 65.6 Å². The van der Waals surface area contributed by atoms with E-state index < -0.39 is 0 Å². The van der Waals surface area contributed by atoms with E-state index in [0.717, 1.165) is 36.8 Å². The zero-order chi connectivity index (χ0) is 22.3. The Balaban J connectivity index is 1.36. The minimum atomic E-state index is 0.408. The van der Waals surface area contributed by atoms with Gasteiger partial charge in [-0.3, -0.25) is 5.10 Å². The fraction of sp³-hybridized carbons (Fsp3) is 0.292. The molecule has 0 spiro atoms. The molecule has 0 aliphatic heterocycles. The third-order valence-electron chi connectivity index (χ3n) is 5.22. The average Bonchev–Trinajstić information content (AvgIpc) is 3.44. The van der Waals surface area contributed by atoms with Crippen molar-refractivity contribution in [2.45, 2.75) is 26.8 Å². The largest absolute Gasteiger partial charge is 0.497 e.